The standard InChI is InChI=1S/C15H20N2O/c1-11(13-5-6-13)9-17-10-12-3-4-14(8-16)15(7-12)18-2/h3-4,7,11,13,17H,5-6,9-10H2,1-2H3. The van der Waals surface area contributed by atoms with E-state index in [1.165, 1.54) is 12.8 Å². The predicted molar refractivity (Wildman–Crippen MR) is 71.3 cm³/mol. The van der Waals surface area contributed by atoms with Crippen molar-refractivity contribution in [1.29, 1.82) is 5.26 Å². The molecule has 0 aliphatic heterocycles. The molecule has 1 aromatic carbocycles. The number of benzene rings is 1. The van der Waals surface area contributed by atoms with Crippen LogP contribution in [0.4, 0.5) is 0 Å². The molecule has 1 fully saturated rings. The Hall–Kier alpha value is -1.53. The molecule has 1 aromatic rings. The molecule has 1 aliphatic rings. The first-order valence-corrected chi connectivity index (χ1v) is 6.52. The Balaban J connectivity index is 1.87. The molecule has 0 spiro atoms. The third kappa shape index (κ3) is 3.24. The maximum Gasteiger partial charge on any atom is 0.136 e. The molecular formula is C15H20N2O. The van der Waals surface area contributed by atoms with Crippen molar-refractivity contribution in [3.05, 3.63) is 29.3 Å². The molecule has 3 nitrogen and oxygen atoms in total. The van der Waals surface area contributed by atoms with E-state index < -0.39 is 0 Å². The van der Waals surface area contributed by atoms with Gasteiger partial charge in [0.1, 0.15) is 11.8 Å². The highest BCUT2D eigenvalue weighted by Crippen LogP contribution is 2.36. The van der Waals surface area contributed by atoms with Crippen LogP contribution in [-0.4, -0.2) is 13.7 Å². The van der Waals surface area contributed by atoms with Crippen molar-refractivity contribution >= 4 is 0 Å². The number of nitrogens with one attached hydrogen (secondary N) is 1. The molecular weight excluding hydrogens is 224 g/mol. The third-order valence-corrected chi connectivity index (χ3v) is 3.61. The molecule has 0 bridgehead atoms. The summed E-state index contributed by atoms with van der Waals surface area (Å²) >= 11 is 0. The number of hydrogen-bond acceptors (Lipinski definition) is 3. The fraction of sp³-hybridized carbons (Fsp3) is 0.533. The topological polar surface area (TPSA) is 45.0 Å². The van der Waals surface area contributed by atoms with Gasteiger partial charge in [-0.25, -0.2) is 0 Å². The van der Waals surface area contributed by atoms with Crippen molar-refractivity contribution in [2.75, 3.05) is 13.7 Å². The highest BCUT2D eigenvalue weighted by molar-refractivity contribution is 5.45. The van der Waals surface area contributed by atoms with Crippen LogP contribution in [0.2, 0.25) is 0 Å². The zero-order valence-electron chi connectivity index (χ0n) is 11.1. The van der Waals surface area contributed by atoms with E-state index in [4.69, 9.17) is 10.00 Å². The Morgan fingerprint density at radius 3 is 2.89 bits per heavy atom. The molecule has 18 heavy (non-hydrogen) atoms. The minimum atomic E-state index is 0.590. The van der Waals surface area contributed by atoms with E-state index in [0.717, 1.165) is 30.5 Å². The summed E-state index contributed by atoms with van der Waals surface area (Å²) < 4.78 is 5.20. The lowest BCUT2D eigenvalue weighted by atomic mass is 10.1. The molecule has 0 amide bonds. The van der Waals surface area contributed by atoms with Gasteiger partial charge >= 0.3 is 0 Å². The van der Waals surface area contributed by atoms with Crippen molar-refractivity contribution in [2.24, 2.45) is 11.8 Å². The van der Waals surface area contributed by atoms with Crippen molar-refractivity contribution in [1.82, 2.24) is 5.32 Å². The van der Waals surface area contributed by atoms with Gasteiger partial charge in [-0.3, -0.25) is 0 Å². The van der Waals surface area contributed by atoms with Crippen LogP contribution in [0.25, 0.3) is 0 Å². The first-order chi connectivity index (χ1) is 8.74. The van der Waals surface area contributed by atoms with Crippen molar-refractivity contribution in [2.45, 2.75) is 26.3 Å². The second-order valence-electron chi connectivity index (χ2n) is 5.09. The molecule has 0 saturated heterocycles. The lowest BCUT2D eigenvalue weighted by molar-refractivity contribution is 0.412. The summed E-state index contributed by atoms with van der Waals surface area (Å²) in [5, 5.41) is 12.4. The zero-order chi connectivity index (χ0) is 13.0. The number of hydrogen-bond donors (Lipinski definition) is 1. The van der Waals surface area contributed by atoms with E-state index in [1.807, 2.05) is 18.2 Å². The van der Waals surface area contributed by atoms with E-state index in [2.05, 4.69) is 18.3 Å². The Kier molecular flexibility index (Phi) is 4.22. The van der Waals surface area contributed by atoms with Gasteiger partial charge in [-0.2, -0.15) is 5.26 Å². The molecule has 1 unspecified atom stereocenters. The maximum atomic E-state index is 8.91. The van der Waals surface area contributed by atoms with Crippen LogP contribution < -0.4 is 10.1 Å². The second-order valence-corrected chi connectivity index (χ2v) is 5.09. The Labute approximate surface area is 109 Å². The van der Waals surface area contributed by atoms with Crippen LogP contribution in [0.3, 0.4) is 0 Å². The van der Waals surface area contributed by atoms with Crippen molar-refractivity contribution < 1.29 is 4.74 Å². The summed E-state index contributed by atoms with van der Waals surface area (Å²) in [6.45, 7) is 4.20. The molecule has 1 saturated carbocycles. The lowest BCUT2D eigenvalue weighted by Crippen LogP contribution is -2.21. The van der Waals surface area contributed by atoms with Gasteiger partial charge in [0.2, 0.25) is 0 Å². The Morgan fingerprint density at radius 1 is 1.50 bits per heavy atom. The summed E-state index contributed by atoms with van der Waals surface area (Å²) in [6, 6.07) is 7.87. The normalized spacial score (nSPS) is 16.1. The molecule has 3 heteroatoms. The van der Waals surface area contributed by atoms with Crippen molar-refractivity contribution in [3.8, 4) is 11.8 Å². The smallest absolute Gasteiger partial charge is 0.136 e. The SMILES string of the molecule is COc1cc(CNCC(C)C2CC2)ccc1C#N. The molecule has 0 radical (unpaired) electrons. The monoisotopic (exact) mass is 244 g/mol. The van der Waals surface area contributed by atoms with E-state index in [-0.39, 0.29) is 0 Å². The fourth-order valence-electron chi connectivity index (χ4n) is 2.21. The van der Waals surface area contributed by atoms with Gasteiger partial charge in [0, 0.05) is 6.54 Å². The van der Waals surface area contributed by atoms with Gasteiger partial charge in [0.25, 0.3) is 0 Å². The summed E-state index contributed by atoms with van der Waals surface area (Å²) in [6.07, 6.45) is 2.79. The highest BCUT2D eigenvalue weighted by atomic mass is 16.5. The lowest BCUT2D eigenvalue weighted by Gasteiger charge is -2.12. The zero-order valence-corrected chi connectivity index (χ0v) is 11.1. The molecule has 1 N–H and O–H groups in total. The van der Waals surface area contributed by atoms with E-state index >= 15 is 0 Å². The first-order valence-electron chi connectivity index (χ1n) is 6.52. The van der Waals surface area contributed by atoms with Gasteiger partial charge < -0.3 is 10.1 Å². The number of ether oxygens (including phenoxy) is 1. The number of rotatable bonds is 6. The molecule has 2 rings (SSSR count). The van der Waals surface area contributed by atoms with Gasteiger partial charge in [0.15, 0.2) is 0 Å². The van der Waals surface area contributed by atoms with Gasteiger partial charge in [-0.1, -0.05) is 13.0 Å². The number of nitrogens with zero attached hydrogens (tertiary/aromatic N) is 1. The molecule has 0 heterocycles. The third-order valence-electron chi connectivity index (χ3n) is 3.61. The Morgan fingerprint density at radius 2 is 2.28 bits per heavy atom. The van der Waals surface area contributed by atoms with Crippen LogP contribution in [-0.2, 0) is 6.54 Å². The molecule has 1 atom stereocenters. The van der Waals surface area contributed by atoms with Gasteiger partial charge in [-0.05, 0) is 48.9 Å². The average molecular weight is 244 g/mol. The minimum Gasteiger partial charge on any atom is -0.495 e. The van der Waals surface area contributed by atoms with E-state index in [1.54, 1.807) is 7.11 Å². The Bertz CT molecular complexity index is 446. The average Bonchev–Trinajstić information content (AvgIpc) is 3.22. The van der Waals surface area contributed by atoms with Gasteiger partial charge in [0.05, 0.1) is 12.7 Å². The summed E-state index contributed by atoms with van der Waals surface area (Å²) in [5.74, 6) is 2.37. The van der Waals surface area contributed by atoms with Crippen molar-refractivity contribution in [3.63, 3.8) is 0 Å². The fourth-order valence-corrected chi connectivity index (χ4v) is 2.21. The van der Waals surface area contributed by atoms with E-state index in [0.29, 0.717) is 11.3 Å². The second kappa shape index (κ2) is 5.88. The molecule has 0 aromatic heterocycles. The van der Waals surface area contributed by atoms with Crippen LogP contribution in [0.1, 0.15) is 30.9 Å². The largest absolute Gasteiger partial charge is 0.495 e. The van der Waals surface area contributed by atoms with E-state index in [9.17, 15) is 0 Å². The number of methoxy groups -OCH3 is 1. The van der Waals surface area contributed by atoms with Gasteiger partial charge in [-0.15, -0.1) is 0 Å². The number of nitriles is 1. The molecule has 96 valence electrons. The summed E-state index contributed by atoms with van der Waals surface area (Å²) in [5.41, 5.74) is 1.75. The van der Waals surface area contributed by atoms with Crippen LogP contribution >= 0.6 is 0 Å². The quantitative estimate of drug-likeness (QED) is 0.836. The first kappa shape index (κ1) is 12.9. The van der Waals surface area contributed by atoms with Crippen LogP contribution in [0.5, 0.6) is 5.75 Å². The maximum absolute atomic E-state index is 8.91. The summed E-state index contributed by atoms with van der Waals surface area (Å²) in [4.78, 5) is 0. The minimum absolute atomic E-state index is 0.590. The predicted octanol–water partition coefficient (Wildman–Crippen LogP) is 2.70. The summed E-state index contributed by atoms with van der Waals surface area (Å²) in [7, 11) is 1.60. The van der Waals surface area contributed by atoms with Crippen LogP contribution in [0, 0.1) is 23.2 Å². The van der Waals surface area contributed by atoms with Crippen LogP contribution in [0.15, 0.2) is 18.2 Å². The molecule has 1 aliphatic carbocycles. The highest BCUT2D eigenvalue weighted by Gasteiger charge is 2.27.